The van der Waals surface area contributed by atoms with Crippen molar-refractivity contribution in [3.8, 4) is 22.8 Å². The van der Waals surface area contributed by atoms with Crippen LogP contribution in [0.5, 0.6) is 11.5 Å². The molecule has 1 aromatic heterocycles. The molecule has 1 aliphatic rings. The second-order valence-corrected chi connectivity index (χ2v) is 11.6. The molecular weight excluding hydrogens is 607 g/mol. The number of ether oxygens (including phenoxy) is 3. The first kappa shape index (κ1) is 33.5. The monoisotopic (exact) mass is 642 g/mol. The highest BCUT2D eigenvalue weighted by Crippen LogP contribution is 2.30. The fraction of sp³-hybridized carbons (Fsp3) is 0.375. The number of piperazine rings is 1. The van der Waals surface area contributed by atoms with Crippen molar-refractivity contribution in [1.82, 2.24) is 15.2 Å². The summed E-state index contributed by atoms with van der Waals surface area (Å²) >= 11 is 6.04. The van der Waals surface area contributed by atoms with E-state index in [2.05, 4.69) is 10.3 Å². The number of methoxy groups -OCH3 is 1. The van der Waals surface area contributed by atoms with Gasteiger partial charge in [0.25, 0.3) is 5.91 Å². The number of ketones is 1. The number of hydrogen-bond acceptors (Lipinski definition) is 9. The number of hydrogen-bond donors (Lipinski definition) is 2. The van der Waals surface area contributed by atoms with Gasteiger partial charge in [0.05, 0.1) is 31.0 Å². The Kier molecular flexibility index (Phi) is 10.8. The molecule has 0 spiro atoms. The molecule has 240 valence electrons. The van der Waals surface area contributed by atoms with Crippen LogP contribution in [0, 0.1) is 5.82 Å². The lowest BCUT2D eigenvalue weighted by Crippen LogP contribution is -2.50. The van der Waals surface area contributed by atoms with Gasteiger partial charge in [0.15, 0.2) is 17.3 Å². The second-order valence-electron chi connectivity index (χ2n) is 11.2. The van der Waals surface area contributed by atoms with Gasteiger partial charge < -0.3 is 34.4 Å². The molecule has 1 saturated heterocycles. The van der Waals surface area contributed by atoms with Gasteiger partial charge in [0.2, 0.25) is 0 Å². The van der Waals surface area contributed by atoms with Crippen molar-refractivity contribution < 1.29 is 38.1 Å². The van der Waals surface area contributed by atoms with Gasteiger partial charge in [-0.1, -0.05) is 11.6 Å². The number of rotatable bonds is 10. The van der Waals surface area contributed by atoms with Crippen molar-refractivity contribution in [3.05, 3.63) is 70.6 Å². The Morgan fingerprint density at radius 3 is 2.40 bits per heavy atom. The number of carbonyl (C=O) groups is 3. The van der Waals surface area contributed by atoms with E-state index in [1.165, 1.54) is 37.4 Å². The number of nitrogens with zero attached hydrogens (tertiary/aromatic N) is 3. The summed E-state index contributed by atoms with van der Waals surface area (Å²) in [5, 5.41) is 11.5. The minimum Gasteiger partial charge on any atom is -0.493 e. The summed E-state index contributed by atoms with van der Waals surface area (Å²) in [7, 11) is 1.42. The van der Waals surface area contributed by atoms with Crippen LogP contribution in [0.15, 0.2) is 48.5 Å². The Hall–Kier alpha value is -4.42. The maximum absolute atomic E-state index is 13.9. The molecule has 4 rings (SSSR count). The molecule has 3 aromatic rings. The van der Waals surface area contributed by atoms with Gasteiger partial charge in [0.1, 0.15) is 23.7 Å². The Morgan fingerprint density at radius 1 is 1.02 bits per heavy atom. The molecule has 11 nitrogen and oxygen atoms in total. The smallest absolute Gasteiger partial charge is 0.410 e. The van der Waals surface area contributed by atoms with E-state index in [9.17, 15) is 18.8 Å². The topological polar surface area (TPSA) is 131 Å². The molecule has 1 fully saturated rings. The third-order valence-corrected chi connectivity index (χ3v) is 7.08. The van der Waals surface area contributed by atoms with Crippen molar-refractivity contribution in [2.45, 2.75) is 26.4 Å². The summed E-state index contributed by atoms with van der Waals surface area (Å²) < 4.78 is 30.1. The van der Waals surface area contributed by atoms with Gasteiger partial charge in [-0.15, -0.1) is 0 Å². The summed E-state index contributed by atoms with van der Waals surface area (Å²) in [6.45, 7) is 6.71. The quantitative estimate of drug-likeness (QED) is 0.305. The predicted molar refractivity (Wildman–Crippen MR) is 167 cm³/mol. The molecular formula is C32H36ClFN4O7. The Bertz CT molecular complexity index is 1550. The van der Waals surface area contributed by atoms with Gasteiger partial charge in [-0.2, -0.15) is 0 Å². The average Bonchev–Trinajstić information content (AvgIpc) is 3.02. The maximum Gasteiger partial charge on any atom is 0.410 e. The van der Waals surface area contributed by atoms with Gasteiger partial charge in [-0.3, -0.25) is 9.59 Å². The predicted octanol–water partition coefficient (Wildman–Crippen LogP) is 4.59. The Balaban J connectivity index is 1.53. The number of benzene rings is 2. The summed E-state index contributed by atoms with van der Waals surface area (Å²) in [5.74, 6) is -0.901. The molecule has 2 amide bonds. The molecule has 13 heteroatoms. The molecule has 2 N–H and O–H groups in total. The number of aromatic nitrogens is 1. The highest BCUT2D eigenvalue weighted by atomic mass is 35.5. The number of pyridine rings is 1. The van der Waals surface area contributed by atoms with Crippen molar-refractivity contribution in [2.24, 2.45) is 0 Å². The van der Waals surface area contributed by atoms with Crippen LogP contribution >= 0.6 is 11.6 Å². The van der Waals surface area contributed by atoms with Gasteiger partial charge in [-0.25, -0.2) is 14.2 Å². The van der Waals surface area contributed by atoms with E-state index in [0.717, 1.165) is 0 Å². The van der Waals surface area contributed by atoms with E-state index in [1.54, 1.807) is 23.1 Å². The number of Topliss-reactive ketones (excluding diaryl/α,β-unsaturated/α-hetero) is 1. The molecule has 0 aliphatic carbocycles. The lowest BCUT2D eigenvalue weighted by Gasteiger charge is -2.37. The first-order chi connectivity index (χ1) is 21.4. The molecule has 0 saturated carbocycles. The molecule has 1 aliphatic heterocycles. The summed E-state index contributed by atoms with van der Waals surface area (Å²) in [6, 6.07) is 12.1. The van der Waals surface area contributed by atoms with Crippen molar-refractivity contribution >= 4 is 35.1 Å². The second kappa shape index (κ2) is 14.6. The summed E-state index contributed by atoms with van der Waals surface area (Å²) in [6.07, 6.45) is -0.393. The van der Waals surface area contributed by atoms with E-state index in [4.69, 9.17) is 30.9 Å². The highest BCUT2D eigenvalue weighted by molar-refractivity contribution is 6.31. The molecule has 2 aromatic carbocycles. The number of aliphatic hydroxyl groups is 1. The summed E-state index contributed by atoms with van der Waals surface area (Å²) in [5.41, 5.74) is 1.28. The number of carbonyl (C=O) groups excluding carboxylic acids is 3. The van der Waals surface area contributed by atoms with Crippen LogP contribution in [0.3, 0.4) is 0 Å². The number of halogens is 2. The lowest BCUT2D eigenvalue weighted by molar-refractivity contribution is 0.0240. The maximum atomic E-state index is 13.9. The van der Waals surface area contributed by atoms with E-state index >= 15 is 0 Å². The highest BCUT2D eigenvalue weighted by Gasteiger charge is 2.27. The van der Waals surface area contributed by atoms with Crippen LogP contribution < -0.4 is 19.7 Å². The van der Waals surface area contributed by atoms with E-state index in [-0.39, 0.29) is 36.0 Å². The SMILES string of the molecule is COc1cc(C(=O)NCC(=O)c2cc(N3CCN(C(=O)OC(C)(C)C)CC3)cc(-c3ccc(F)c(Cl)c3)n2)ccc1OCCO. The molecule has 0 atom stereocenters. The molecule has 0 bridgehead atoms. The van der Waals surface area contributed by atoms with Crippen molar-refractivity contribution in [2.75, 3.05) is 57.9 Å². The fourth-order valence-corrected chi connectivity index (χ4v) is 4.74. The number of amides is 2. The Morgan fingerprint density at radius 2 is 1.76 bits per heavy atom. The molecule has 0 radical (unpaired) electrons. The van der Waals surface area contributed by atoms with Gasteiger partial charge >= 0.3 is 6.09 Å². The third-order valence-electron chi connectivity index (χ3n) is 6.79. The molecule has 45 heavy (non-hydrogen) atoms. The molecule has 0 unspecified atom stereocenters. The average molecular weight is 643 g/mol. The van der Waals surface area contributed by atoms with Crippen molar-refractivity contribution in [1.29, 1.82) is 0 Å². The van der Waals surface area contributed by atoms with E-state index < -0.39 is 29.2 Å². The van der Waals surface area contributed by atoms with Crippen molar-refractivity contribution in [3.63, 3.8) is 0 Å². The summed E-state index contributed by atoms with van der Waals surface area (Å²) in [4.78, 5) is 47.0. The number of nitrogens with one attached hydrogen (secondary N) is 1. The fourth-order valence-electron chi connectivity index (χ4n) is 4.56. The zero-order valence-electron chi connectivity index (χ0n) is 25.6. The molecule has 2 heterocycles. The largest absolute Gasteiger partial charge is 0.493 e. The van der Waals surface area contributed by atoms with Crippen LogP contribution in [-0.4, -0.2) is 91.4 Å². The van der Waals surface area contributed by atoms with Gasteiger partial charge in [0, 0.05) is 43.0 Å². The first-order valence-corrected chi connectivity index (χ1v) is 14.7. The van der Waals surface area contributed by atoms with E-state index in [1.807, 2.05) is 25.7 Å². The zero-order chi connectivity index (χ0) is 32.7. The normalized spacial score (nSPS) is 13.3. The standard InChI is InChI=1S/C32H36ClFN4O7/c1-32(2,3)45-31(42)38-11-9-37(10-12-38)22-17-25(20-5-7-24(34)23(33)15-20)36-26(18-22)27(40)19-35-30(41)21-6-8-28(44-14-13-39)29(16-21)43-4/h5-8,15-18,39H,9-14,19H2,1-4H3,(H,35,41). The lowest BCUT2D eigenvalue weighted by atomic mass is 10.1. The van der Waals surface area contributed by atoms with Crippen LogP contribution in [0.2, 0.25) is 5.02 Å². The minimum absolute atomic E-state index is 0.0635. The minimum atomic E-state index is -0.612. The zero-order valence-corrected chi connectivity index (χ0v) is 26.3. The first-order valence-electron chi connectivity index (χ1n) is 14.3. The number of aliphatic hydroxyl groups excluding tert-OH is 1. The van der Waals surface area contributed by atoms with Crippen LogP contribution in [0.4, 0.5) is 14.9 Å². The van der Waals surface area contributed by atoms with Gasteiger partial charge in [-0.05, 0) is 69.3 Å². The van der Waals surface area contributed by atoms with Crippen LogP contribution in [-0.2, 0) is 4.74 Å². The number of anilines is 1. The third kappa shape index (κ3) is 8.83. The Labute approximate surface area is 265 Å². The van der Waals surface area contributed by atoms with Crippen LogP contribution in [0.1, 0.15) is 41.6 Å². The van der Waals surface area contributed by atoms with E-state index in [0.29, 0.717) is 54.6 Å². The van der Waals surface area contributed by atoms with Crippen LogP contribution in [0.25, 0.3) is 11.3 Å².